The average molecular weight is 211 g/mol. The van der Waals surface area contributed by atoms with E-state index in [1.807, 2.05) is 0 Å². The van der Waals surface area contributed by atoms with Gasteiger partial charge in [-0.1, -0.05) is 25.7 Å². The van der Waals surface area contributed by atoms with E-state index in [4.69, 9.17) is 0 Å². The molecule has 1 saturated heterocycles. The normalized spacial score (nSPS) is 30.0. The van der Waals surface area contributed by atoms with Crippen LogP contribution in [0.3, 0.4) is 0 Å². The van der Waals surface area contributed by atoms with Crippen molar-refractivity contribution in [2.45, 2.75) is 69.9 Å². The summed E-state index contributed by atoms with van der Waals surface area (Å²) in [6, 6.07) is 0. The lowest BCUT2D eigenvalue weighted by Crippen LogP contribution is -2.50. The summed E-state index contributed by atoms with van der Waals surface area (Å²) in [6.07, 6.45) is 10.3. The number of aliphatic hydroxyl groups is 1. The van der Waals surface area contributed by atoms with Crippen LogP contribution in [0.2, 0.25) is 0 Å². The molecular formula is C13H25NO. The molecule has 88 valence electrons. The number of hydrogen-bond acceptors (Lipinski definition) is 2. The maximum absolute atomic E-state index is 9.54. The summed E-state index contributed by atoms with van der Waals surface area (Å²) in [5, 5.41) is 9.54. The van der Waals surface area contributed by atoms with Gasteiger partial charge in [0.15, 0.2) is 0 Å². The van der Waals surface area contributed by atoms with Crippen LogP contribution in [-0.4, -0.2) is 34.7 Å². The molecule has 0 aromatic carbocycles. The lowest BCUT2D eigenvalue weighted by atomic mass is 9.88. The van der Waals surface area contributed by atoms with Gasteiger partial charge in [0.2, 0.25) is 0 Å². The summed E-state index contributed by atoms with van der Waals surface area (Å²) in [7, 11) is 0. The molecule has 0 spiro atoms. The van der Waals surface area contributed by atoms with Crippen molar-refractivity contribution in [2.24, 2.45) is 0 Å². The van der Waals surface area contributed by atoms with Crippen LogP contribution in [0.1, 0.15) is 58.3 Å². The Morgan fingerprint density at radius 2 is 1.53 bits per heavy atom. The predicted octanol–water partition coefficient (Wildman–Crippen LogP) is 2.56. The number of aliphatic hydroxyl groups excluding tert-OH is 1. The number of rotatable bonds is 1. The van der Waals surface area contributed by atoms with Crippen molar-refractivity contribution in [1.82, 2.24) is 4.90 Å². The number of hydrogen-bond donors (Lipinski definition) is 1. The minimum Gasteiger partial charge on any atom is -0.393 e. The molecule has 0 bridgehead atoms. The van der Waals surface area contributed by atoms with E-state index in [9.17, 15) is 5.11 Å². The highest BCUT2D eigenvalue weighted by Gasteiger charge is 2.34. The third kappa shape index (κ3) is 2.73. The quantitative estimate of drug-likeness (QED) is 0.674. The number of piperidine rings is 1. The Balaban J connectivity index is 1.94. The Morgan fingerprint density at radius 1 is 1.00 bits per heavy atom. The number of likely N-dealkylation sites (tertiary alicyclic amines) is 1. The van der Waals surface area contributed by atoms with Crippen molar-refractivity contribution < 1.29 is 5.11 Å². The van der Waals surface area contributed by atoms with Crippen molar-refractivity contribution >= 4 is 0 Å². The molecule has 0 aromatic rings. The van der Waals surface area contributed by atoms with Crippen molar-refractivity contribution in [3.63, 3.8) is 0 Å². The van der Waals surface area contributed by atoms with Crippen LogP contribution in [-0.2, 0) is 0 Å². The fourth-order valence-electron chi connectivity index (χ4n) is 3.21. The van der Waals surface area contributed by atoms with Gasteiger partial charge < -0.3 is 5.11 Å². The van der Waals surface area contributed by atoms with Crippen LogP contribution in [0.5, 0.6) is 0 Å². The van der Waals surface area contributed by atoms with Gasteiger partial charge in [-0.05, 0) is 32.6 Å². The molecule has 1 saturated carbocycles. The molecular weight excluding hydrogens is 186 g/mol. The first-order valence-corrected chi connectivity index (χ1v) is 6.64. The first-order chi connectivity index (χ1) is 7.21. The Hall–Kier alpha value is -0.0800. The standard InChI is InChI=1S/C13H25NO/c1-13(8-4-2-3-5-9-13)14-10-6-12(15)7-11-14/h12,15H,2-11H2,1H3. The molecule has 0 radical (unpaired) electrons. The highest BCUT2D eigenvalue weighted by molar-refractivity contribution is 4.90. The summed E-state index contributed by atoms with van der Waals surface area (Å²) in [4.78, 5) is 2.64. The second kappa shape index (κ2) is 4.84. The van der Waals surface area contributed by atoms with Crippen molar-refractivity contribution in [3.05, 3.63) is 0 Å². The molecule has 1 aliphatic carbocycles. The SMILES string of the molecule is CC1(N2CCC(O)CC2)CCCCCC1. The van der Waals surface area contributed by atoms with Gasteiger partial charge >= 0.3 is 0 Å². The van der Waals surface area contributed by atoms with Crippen LogP contribution in [0, 0.1) is 0 Å². The molecule has 2 heteroatoms. The average Bonchev–Trinajstić information content (AvgIpc) is 2.45. The maximum Gasteiger partial charge on any atom is 0.0564 e. The third-order valence-electron chi connectivity index (χ3n) is 4.41. The molecule has 2 nitrogen and oxygen atoms in total. The summed E-state index contributed by atoms with van der Waals surface area (Å²) >= 11 is 0. The van der Waals surface area contributed by atoms with E-state index >= 15 is 0 Å². The van der Waals surface area contributed by atoms with Gasteiger partial charge in [-0.15, -0.1) is 0 Å². The predicted molar refractivity (Wildman–Crippen MR) is 62.9 cm³/mol. The molecule has 1 N–H and O–H groups in total. The number of nitrogens with zero attached hydrogens (tertiary/aromatic N) is 1. The largest absolute Gasteiger partial charge is 0.393 e. The minimum atomic E-state index is -0.0318. The zero-order chi connectivity index (χ0) is 10.7. The fraction of sp³-hybridized carbons (Fsp3) is 1.00. The molecule has 0 atom stereocenters. The van der Waals surface area contributed by atoms with Gasteiger partial charge in [-0.2, -0.15) is 0 Å². The first kappa shape index (κ1) is 11.4. The second-order valence-corrected chi connectivity index (χ2v) is 5.63. The van der Waals surface area contributed by atoms with Crippen LogP contribution in [0.15, 0.2) is 0 Å². The Kier molecular flexibility index (Phi) is 3.68. The van der Waals surface area contributed by atoms with Gasteiger partial charge in [-0.3, -0.25) is 4.90 Å². The topological polar surface area (TPSA) is 23.5 Å². The van der Waals surface area contributed by atoms with E-state index in [0.29, 0.717) is 5.54 Å². The smallest absolute Gasteiger partial charge is 0.0564 e. The summed E-state index contributed by atoms with van der Waals surface area (Å²) in [6.45, 7) is 4.66. The third-order valence-corrected chi connectivity index (χ3v) is 4.41. The highest BCUT2D eigenvalue weighted by atomic mass is 16.3. The first-order valence-electron chi connectivity index (χ1n) is 6.64. The van der Waals surface area contributed by atoms with E-state index in [1.54, 1.807) is 0 Å². The Labute approximate surface area is 93.7 Å². The van der Waals surface area contributed by atoms with E-state index in [1.165, 1.54) is 38.5 Å². The molecule has 15 heavy (non-hydrogen) atoms. The lowest BCUT2D eigenvalue weighted by Gasteiger charge is -2.44. The van der Waals surface area contributed by atoms with Gasteiger partial charge in [0.05, 0.1) is 6.10 Å². The molecule has 2 rings (SSSR count). The van der Waals surface area contributed by atoms with Crippen LogP contribution in [0.25, 0.3) is 0 Å². The zero-order valence-corrected chi connectivity index (χ0v) is 10.0. The summed E-state index contributed by atoms with van der Waals surface area (Å²) < 4.78 is 0. The van der Waals surface area contributed by atoms with Gasteiger partial charge in [0.25, 0.3) is 0 Å². The molecule has 0 unspecified atom stereocenters. The van der Waals surface area contributed by atoms with Crippen LogP contribution >= 0.6 is 0 Å². The molecule has 2 fully saturated rings. The highest BCUT2D eigenvalue weighted by Crippen LogP contribution is 2.33. The zero-order valence-electron chi connectivity index (χ0n) is 10.0. The monoisotopic (exact) mass is 211 g/mol. The summed E-state index contributed by atoms with van der Waals surface area (Å²) in [5.41, 5.74) is 0.441. The van der Waals surface area contributed by atoms with Gasteiger partial charge in [0, 0.05) is 18.6 Å². The molecule has 0 amide bonds. The Bertz CT molecular complexity index is 189. The minimum absolute atomic E-state index is 0.0318. The van der Waals surface area contributed by atoms with E-state index < -0.39 is 0 Å². The molecule has 0 aromatic heterocycles. The van der Waals surface area contributed by atoms with Crippen LogP contribution in [0.4, 0.5) is 0 Å². The molecule has 2 aliphatic rings. The molecule has 1 aliphatic heterocycles. The van der Waals surface area contributed by atoms with Crippen LogP contribution < -0.4 is 0 Å². The maximum atomic E-state index is 9.54. The van der Waals surface area contributed by atoms with Crippen molar-refractivity contribution in [3.8, 4) is 0 Å². The van der Waals surface area contributed by atoms with E-state index in [2.05, 4.69) is 11.8 Å². The lowest BCUT2D eigenvalue weighted by molar-refractivity contribution is 0.0155. The Morgan fingerprint density at radius 3 is 2.07 bits per heavy atom. The second-order valence-electron chi connectivity index (χ2n) is 5.63. The van der Waals surface area contributed by atoms with Gasteiger partial charge in [0.1, 0.15) is 0 Å². The van der Waals surface area contributed by atoms with Crippen molar-refractivity contribution in [2.75, 3.05) is 13.1 Å². The fourth-order valence-corrected chi connectivity index (χ4v) is 3.21. The summed E-state index contributed by atoms with van der Waals surface area (Å²) in [5.74, 6) is 0. The molecule has 1 heterocycles. The van der Waals surface area contributed by atoms with Gasteiger partial charge in [-0.25, -0.2) is 0 Å². The van der Waals surface area contributed by atoms with E-state index in [0.717, 1.165) is 25.9 Å². The van der Waals surface area contributed by atoms with Crippen molar-refractivity contribution in [1.29, 1.82) is 0 Å². The van der Waals surface area contributed by atoms with E-state index in [-0.39, 0.29) is 6.10 Å².